The Hall–Kier alpha value is -1.16. The Morgan fingerprint density at radius 1 is 1.05 bits per heavy atom. The van der Waals surface area contributed by atoms with Gasteiger partial charge < -0.3 is 0 Å². The summed E-state index contributed by atoms with van der Waals surface area (Å²) in [5.41, 5.74) is 1.89. The summed E-state index contributed by atoms with van der Waals surface area (Å²) in [6.07, 6.45) is 0. The molecule has 1 fully saturated rings. The molecule has 0 aromatic heterocycles. The number of hydrogen-bond donors (Lipinski definition) is 0. The quantitative estimate of drug-likeness (QED) is 0.793. The van der Waals surface area contributed by atoms with Crippen LogP contribution < -0.4 is 4.90 Å². The van der Waals surface area contributed by atoms with E-state index >= 15 is 0 Å². The molecule has 0 spiro atoms. The molecule has 1 heterocycles. The first kappa shape index (κ1) is 13.8. The number of rotatable bonds is 2. The van der Waals surface area contributed by atoms with Crippen LogP contribution in [-0.4, -0.2) is 11.7 Å². The zero-order chi connectivity index (χ0) is 14.1. The van der Waals surface area contributed by atoms with Crippen LogP contribution in [0.15, 0.2) is 48.5 Å². The van der Waals surface area contributed by atoms with Gasteiger partial charge in [-0.25, -0.2) is 0 Å². The van der Waals surface area contributed by atoms with Crippen molar-refractivity contribution in [2.75, 3.05) is 10.7 Å². The van der Waals surface area contributed by atoms with Crippen LogP contribution in [0, 0.1) is 0 Å². The molecule has 0 bridgehead atoms. The van der Waals surface area contributed by atoms with E-state index in [-0.39, 0.29) is 11.3 Å². The van der Waals surface area contributed by atoms with Gasteiger partial charge in [0, 0.05) is 5.69 Å². The van der Waals surface area contributed by atoms with E-state index in [0.717, 1.165) is 11.3 Å². The molecule has 0 aliphatic carbocycles. The highest BCUT2D eigenvalue weighted by Gasteiger charge is 2.34. The minimum absolute atomic E-state index is 0.0559. The Kier molecular flexibility index (Phi) is 3.92. The van der Waals surface area contributed by atoms with Crippen molar-refractivity contribution in [3.63, 3.8) is 0 Å². The number of benzene rings is 2. The lowest BCUT2D eigenvalue weighted by molar-refractivity contribution is -0.115. The molecule has 1 amide bonds. The summed E-state index contributed by atoms with van der Waals surface area (Å²) >= 11 is 13.6. The maximum absolute atomic E-state index is 12.2. The predicted octanol–water partition coefficient (Wildman–Crippen LogP) is 4.77. The van der Waals surface area contributed by atoms with Crippen LogP contribution in [0.1, 0.15) is 10.9 Å². The van der Waals surface area contributed by atoms with Crippen molar-refractivity contribution in [1.82, 2.24) is 0 Å². The summed E-state index contributed by atoms with van der Waals surface area (Å²) in [4.78, 5) is 14.0. The molecule has 3 rings (SSSR count). The van der Waals surface area contributed by atoms with Crippen molar-refractivity contribution in [2.24, 2.45) is 0 Å². The molecule has 1 saturated heterocycles. The summed E-state index contributed by atoms with van der Waals surface area (Å²) in [5, 5.41) is 0.979. The second-order valence-corrected chi connectivity index (χ2v) is 6.32. The van der Waals surface area contributed by atoms with Crippen molar-refractivity contribution in [1.29, 1.82) is 0 Å². The highest BCUT2D eigenvalue weighted by molar-refractivity contribution is 8.00. The monoisotopic (exact) mass is 323 g/mol. The van der Waals surface area contributed by atoms with Crippen LogP contribution in [0.3, 0.4) is 0 Å². The first-order valence-corrected chi connectivity index (χ1v) is 7.91. The van der Waals surface area contributed by atoms with E-state index in [0.29, 0.717) is 15.8 Å². The van der Waals surface area contributed by atoms with Crippen LogP contribution in [0.5, 0.6) is 0 Å². The third-order valence-corrected chi connectivity index (χ3v) is 5.08. The van der Waals surface area contributed by atoms with Gasteiger partial charge in [0.15, 0.2) is 0 Å². The second-order valence-electron chi connectivity index (χ2n) is 4.44. The molecule has 1 aliphatic rings. The smallest absolute Gasteiger partial charge is 0.238 e. The number of amides is 1. The average molecular weight is 324 g/mol. The largest absolute Gasteiger partial charge is 0.295 e. The maximum Gasteiger partial charge on any atom is 0.238 e. The van der Waals surface area contributed by atoms with E-state index < -0.39 is 0 Å². The molecule has 2 aromatic rings. The first-order chi connectivity index (χ1) is 9.66. The number of nitrogens with zero attached hydrogens (tertiary/aromatic N) is 1. The summed E-state index contributed by atoms with van der Waals surface area (Å²) < 4.78 is 0. The van der Waals surface area contributed by atoms with Crippen LogP contribution >= 0.6 is 35.0 Å². The molecule has 2 aromatic carbocycles. The molecule has 0 radical (unpaired) electrons. The van der Waals surface area contributed by atoms with E-state index in [1.807, 2.05) is 47.4 Å². The van der Waals surface area contributed by atoms with E-state index in [9.17, 15) is 4.79 Å². The number of anilines is 1. The number of hydrogen-bond acceptors (Lipinski definition) is 2. The lowest BCUT2D eigenvalue weighted by Crippen LogP contribution is -2.27. The van der Waals surface area contributed by atoms with Gasteiger partial charge in [-0.15, -0.1) is 11.8 Å². The molecule has 0 saturated carbocycles. The number of thioether (sulfide) groups is 1. The minimum atomic E-state index is -0.0559. The van der Waals surface area contributed by atoms with Gasteiger partial charge in [0.25, 0.3) is 0 Å². The van der Waals surface area contributed by atoms with Gasteiger partial charge in [-0.1, -0.05) is 47.5 Å². The fourth-order valence-corrected chi connectivity index (χ4v) is 3.68. The third kappa shape index (κ3) is 2.53. The predicted molar refractivity (Wildman–Crippen MR) is 85.6 cm³/mol. The zero-order valence-corrected chi connectivity index (χ0v) is 12.8. The normalized spacial score (nSPS) is 18.6. The molecule has 5 heteroatoms. The Morgan fingerprint density at radius 3 is 2.50 bits per heavy atom. The topological polar surface area (TPSA) is 20.3 Å². The minimum Gasteiger partial charge on any atom is -0.295 e. The Bertz CT molecular complexity index is 648. The lowest BCUT2D eigenvalue weighted by Gasteiger charge is -2.24. The molecule has 1 unspecified atom stereocenters. The highest BCUT2D eigenvalue weighted by Crippen LogP contribution is 2.42. The van der Waals surface area contributed by atoms with Gasteiger partial charge in [0.1, 0.15) is 5.37 Å². The number of halogens is 2. The highest BCUT2D eigenvalue weighted by atomic mass is 35.5. The van der Waals surface area contributed by atoms with Crippen molar-refractivity contribution < 1.29 is 4.79 Å². The number of carbonyl (C=O) groups excluding carboxylic acids is 1. The van der Waals surface area contributed by atoms with Gasteiger partial charge >= 0.3 is 0 Å². The Balaban J connectivity index is 1.99. The second kappa shape index (κ2) is 5.68. The van der Waals surface area contributed by atoms with Crippen LogP contribution in [0.25, 0.3) is 0 Å². The van der Waals surface area contributed by atoms with Crippen LogP contribution in [0.2, 0.25) is 10.0 Å². The molecule has 1 aliphatic heterocycles. The fourth-order valence-electron chi connectivity index (χ4n) is 2.20. The average Bonchev–Trinajstić information content (AvgIpc) is 2.85. The lowest BCUT2D eigenvalue weighted by atomic mass is 10.2. The van der Waals surface area contributed by atoms with Gasteiger partial charge in [0.2, 0.25) is 5.91 Å². The van der Waals surface area contributed by atoms with Crippen molar-refractivity contribution in [3.05, 3.63) is 64.1 Å². The van der Waals surface area contributed by atoms with Gasteiger partial charge in [-0.05, 0) is 29.8 Å². The van der Waals surface area contributed by atoms with E-state index in [2.05, 4.69) is 0 Å². The molecular formula is C15H11Cl2NOS. The zero-order valence-electron chi connectivity index (χ0n) is 10.4. The van der Waals surface area contributed by atoms with Crippen molar-refractivity contribution in [2.45, 2.75) is 5.37 Å². The number of carbonyl (C=O) groups is 1. The standard InChI is InChI=1S/C15H11Cl2NOS/c16-12-7-6-10(8-13(12)17)15-18(14(19)9-20-15)11-4-2-1-3-5-11/h1-8,15H,9H2. The fraction of sp³-hybridized carbons (Fsp3) is 0.133. The Labute approximate surface area is 131 Å². The van der Waals surface area contributed by atoms with Gasteiger partial charge in [0.05, 0.1) is 15.8 Å². The van der Waals surface area contributed by atoms with E-state index in [1.54, 1.807) is 17.8 Å². The maximum atomic E-state index is 12.2. The van der Waals surface area contributed by atoms with Crippen LogP contribution in [-0.2, 0) is 4.79 Å². The van der Waals surface area contributed by atoms with E-state index in [1.165, 1.54) is 0 Å². The number of para-hydroxylation sites is 1. The Morgan fingerprint density at radius 2 is 1.80 bits per heavy atom. The van der Waals surface area contributed by atoms with Gasteiger partial charge in [-0.2, -0.15) is 0 Å². The molecular weight excluding hydrogens is 313 g/mol. The first-order valence-electron chi connectivity index (χ1n) is 6.10. The van der Waals surface area contributed by atoms with E-state index in [4.69, 9.17) is 23.2 Å². The van der Waals surface area contributed by atoms with Gasteiger partial charge in [-0.3, -0.25) is 9.69 Å². The SMILES string of the molecule is O=C1CSC(c2ccc(Cl)c(Cl)c2)N1c1ccccc1. The molecule has 102 valence electrons. The summed E-state index contributed by atoms with van der Waals surface area (Å²) in [7, 11) is 0. The summed E-state index contributed by atoms with van der Waals surface area (Å²) in [6, 6.07) is 15.2. The van der Waals surface area contributed by atoms with Crippen molar-refractivity contribution >= 4 is 46.6 Å². The molecule has 20 heavy (non-hydrogen) atoms. The summed E-state index contributed by atoms with van der Waals surface area (Å²) in [6.45, 7) is 0. The molecule has 1 atom stereocenters. The summed E-state index contributed by atoms with van der Waals surface area (Å²) in [5.74, 6) is 0.581. The molecule has 0 N–H and O–H groups in total. The van der Waals surface area contributed by atoms with Crippen molar-refractivity contribution in [3.8, 4) is 0 Å². The third-order valence-electron chi connectivity index (χ3n) is 3.13. The van der Waals surface area contributed by atoms with Crippen LogP contribution in [0.4, 0.5) is 5.69 Å². The molecule has 2 nitrogen and oxygen atoms in total.